The lowest BCUT2D eigenvalue weighted by Crippen LogP contribution is -2.41. The topological polar surface area (TPSA) is 0 Å². The number of rotatable bonds is 6. The van der Waals surface area contributed by atoms with Crippen LogP contribution in [0.1, 0.15) is 128 Å². The third kappa shape index (κ3) is 6.01. The lowest BCUT2D eigenvalue weighted by atomic mass is 9.27. The molecule has 5 aliphatic rings. The number of fused-ring (bicyclic) bond motifs is 6. The maximum atomic E-state index is 2.73. The van der Waals surface area contributed by atoms with Gasteiger partial charge in [0.05, 0.1) is 0 Å². The highest BCUT2D eigenvalue weighted by molar-refractivity contribution is 7.99. The minimum Gasteiger partial charge on any atom is -0.0888 e. The molecule has 4 saturated carbocycles. The first-order chi connectivity index (χ1) is 25.3. The Balaban J connectivity index is 1.13. The van der Waals surface area contributed by atoms with E-state index in [4.69, 9.17) is 0 Å². The van der Waals surface area contributed by atoms with Gasteiger partial charge in [0.2, 0.25) is 0 Å². The van der Waals surface area contributed by atoms with Gasteiger partial charge in [-0.05, 0) is 50.2 Å². The highest BCUT2D eigenvalue weighted by Gasteiger charge is 2.39. The molecule has 10 rings (SSSR count). The van der Waals surface area contributed by atoms with Gasteiger partial charge in [-0.1, -0.05) is 235 Å². The Bertz CT molecular complexity index is 2000. The molecule has 0 unspecified atom stereocenters. The van der Waals surface area contributed by atoms with Gasteiger partial charge in [-0.15, -0.1) is 0 Å². The second-order valence-electron chi connectivity index (χ2n) is 17.7. The average molecular weight is 687 g/mol. The van der Waals surface area contributed by atoms with E-state index in [9.17, 15) is 0 Å². The summed E-state index contributed by atoms with van der Waals surface area (Å²) >= 11 is 2.07. The summed E-state index contributed by atoms with van der Waals surface area (Å²) in [5, 5.41) is 8.95. The first-order valence-electron chi connectivity index (χ1n) is 21.5. The van der Waals surface area contributed by atoms with E-state index in [0.717, 1.165) is 30.0 Å². The Morgan fingerprint density at radius 3 is 1.53 bits per heavy atom. The zero-order chi connectivity index (χ0) is 33.7. The highest BCUT2D eigenvalue weighted by Crippen LogP contribution is 2.51. The van der Waals surface area contributed by atoms with Gasteiger partial charge in [-0.2, -0.15) is 0 Å². The van der Waals surface area contributed by atoms with Crippen LogP contribution in [0.4, 0.5) is 0 Å². The first-order valence-corrected chi connectivity index (χ1v) is 22.4. The Morgan fingerprint density at radius 2 is 0.922 bits per heavy atom. The van der Waals surface area contributed by atoms with Crippen molar-refractivity contribution in [1.82, 2.24) is 0 Å². The van der Waals surface area contributed by atoms with Crippen molar-refractivity contribution in [2.45, 2.75) is 161 Å². The van der Waals surface area contributed by atoms with Crippen LogP contribution in [0.5, 0.6) is 0 Å². The Kier molecular flexibility index (Phi) is 9.25. The summed E-state index contributed by atoms with van der Waals surface area (Å²) in [6.07, 6.45) is 28.7. The Morgan fingerprint density at radius 1 is 0.392 bits per heavy atom. The largest absolute Gasteiger partial charge is 0.183 e. The molecule has 51 heavy (non-hydrogen) atoms. The molecule has 5 aromatic carbocycles. The van der Waals surface area contributed by atoms with Crippen LogP contribution in [0.2, 0.25) is 23.3 Å². The molecule has 0 aromatic heterocycles. The van der Waals surface area contributed by atoms with Crippen LogP contribution >= 0.6 is 11.8 Å². The quantitative estimate of drug-likeness (QED) is 0.124. The molecule has 3 heteroatoms. The molecule has 0 atom stereocenters. The van der Waals surface area contributed by atoms with Crippen LogP contribution in [0.3, 0.4) is 0 Å². The molecule has 1 aliphatic heterocycles. The zero-order valence-electron chi connectivity index (χ0n) is 30.9. The van der Waals surface area contributed by atoms with E-state index in [-0.39, 0.29) is 0 Å². The van der Waals surface area contributed by atoms with Gasteiger partial charge in [-0.3, -0.25) is 0 Å². The molecule has 5 aromatic rings. The van der Waals surface area contributed by atoms with Gasteiger partial charge in [0.1, 0.15) is 0 Å². The molecule has 0 N–H and O–H groups in total. The summed E-state index contributed by atoms with van der Waals surface area (Å²) in [6, 6.07) is 30.0. The minimum absolute atomic E-state index is 0.695. The van der Waals surface area contributed by atoms with Gasteiger partial charge < -0.3 is 0 Å². The van der Waals surface area contributed by atoms with Crippen molar-refractivity contribution < 1.29 is 0 Å². The van der Waals surface area contributed by atoms with Crippen molar-refractivity contribution in [3.05, 3.63) is 72.8 Å². The molecule has 0 nitrogen and oxygen atoms in total. The predicted molar refractivity (Wildman–Crippen MR) is 227 cm³/mol. The van der Waals surface area contributed by atoms with Crippen LogP contribution in [-0.4, -0.2) is 13.4 Å². The first kappa shape index (κ1) is 33.0. The summed E-state index contributed by atoms with van der Waals surface area (Å²) < 4.78 is 0. The summed E-state index contributed by atoms with van der Waals surface area (Å²) in [7, 11) is 0. The minimum atomic E-state index is 0.695. The second kappa shape index (κ2) is 14.3. The molecule has 0 spiro atoms. The van der Waals surface area contributed by atoms with Crippen LogP contribution in [0, 0.1) is 0 Å². The van der Waals surface area contributed by atoms with Crippen LogP contribution < -0.4 is 10.9 Å². The maximum Gasteiger partial charge on any atom is 0.183 e. The van der Waals surface area contributed by atoms with Gasteiger partial charge >= 0.3 is 0 Å². The molecule has 260 valence electrons. The summed E-state index contributed by atoms with van der Waals surface area (Å²) in [5.74, 6) is 3.43. The normalized spacial score (nSPS) is 20.9. The Labute approximate surface area is 312 Å². The number of hydrogen-bond donors (Lipinski definition) is 0. The van der Waals surface area contributed by atoms with Crippen LogP contribution in [-0.2, 0) is 0 Å². The lowest BCUT2D eigenvalue weighted by molar-refractivity contribution is 0.465. The van der Waals surface area contributed by atoms with E-state index in [1.54, 1.807) is 10.9 Å². The van der Waals surface area contributed by atoms with E-state index in [2.05, 4.69) is 84.6 Å². The van der Waals surface area contributed by atoms with Gasteiger partial charge in [0.25, 0.3) is 0 Å². The van der Waals surface area contributed by atoms with Crippen molar-refractivity contribution in [2.24, 2.45) is 0 Å². The van der Waals surface area contributed by atoms with Crippen LogP contribution in [0.15, 0.2) is 82.6 Å². The smallest absolute Gasteiger partial charge is 0.0888 e. The monoisotopic (exact) mass is 686 g/mol. The molecule has 0 saturated heterocycles. The Hall–Kier alpha value is -2.64. The van der Waals surface area contributed by atoms with E-state index in [1.807, 2.05) is 0 Å². The van der Waals surface area contributed by atoms with Crippen molar-refractivity contribution in [2.75, 3.05) is 0 Å². The van der Waals surface area contributed by atoms with Gasteiger partial charge in [0.15, 0.2) is 13.4 Å². The second-order valence-corrected chi connectivity index (χ2v) is 18.8. The zero-order valence-corrected chi connectivity index (χ0v) is 31.8. The molecule has 1 heterocycles. The van der Waals surface area contributed by atoms with Crippen LogP contribution in [0.25, 0.3) is 43.4 Å². The molecule has 0 bridgehead atoms. The highest BCUT2D eigenvalue weighted by atomic mass is 32.2. The van der Waals surface area contributed by atoms with E-state index in [1.165, 1.54) is 182 Å². The average Bonchev–Trinajstić information content (AvgIpc) is 3.20. The summed E-state index contributed by atoms with van der Waals surface area (Å²) in [4.78, 5) is 2.96. The fourth-order valence-electron chi connectivity index (χ4n) is 12.6. The fraction of sp³-hybridized carbons (Fsp3) is 0.500. The van der Waals surface area contributed by atoms with Crippen molar-refractivity contribution in [3.8, 4) is 11.1 Å². The van der Waals surface area contributed by atoms with Crippen molar-refractivity contribution >= 4 is 68.4 Å². The van der Waals surface area contributed by atoms with E-state index < -0.39 is 0 Å². The maximum absolute atomic E-state index is 2.73. The van der Waals surface area contributed by atoms with E-state index >= 15 is 0 Å². The lowest BCUT2D eigenvalue weighted by Gasteiger charge is -2.37. The molecule has 0 amide bonds. The molecule has 4 fully saturated rings. The van der Waals surface area contributed by atoms with Gasteiger partial charge in [-0.25, -0.2) is 0 Å². The third-order valence-corrected chi connectivity index (χ3v) is 16.0. The number of benzene rings is 5. The van der Waals surface area contributed by atoms with E-state index in [0.29, 0.717) is 6.71 Å². The fourth-order valence-corrected chi connectivity index (χ4v) is 13.8. The standard InChI is InChI=1S/C48H56B2S/c1-5-16-33(17-6-1)49(34-18-7-2-8-19-34)37-28-29-40-44-31-42-38-24-13-14-25-39(38)45(50(35-20-9-3-10-21-35)36-22-11-4-12-23-36)32-43(42)41-26-15-27-46(48(41)44)51-47(40)30-37/h13-15,24-36H,1-12,16-23H2. The third-order valence-electron chi connectivity index (χ3n) is 14.9. The van der Waals surface area contributed by atoms with Crippen molar-refractivity contribution in [3.63, 3.8) is 0 Å². The summed E-state index contributed by atoms with van der Waals surface area (Å²) in [5.41, 5.74) is 6.27. The SMILES string of the molecule is c1ccc2c(c1)c(B(C1CCCCC1)C1CCCCC1)cc1c3cccc4c3c(cc21)-c1ccc(B(C2CCCCC2)C2CCCCC2)cc1S4. The predicted octanol–water partition coefficient (Wildman–Crippen LogP) is 14.0. The van der Waals surface area contributed by atoms with Crippen molar-refractivity contribution in [1.29, 1.82) is 0 Å². The number of hydrogen-bond acceptors (Lipinski definition) is 1. The molecule has 4 aliphatic carbocycles. The molecule has 0 radical (unpaired) electrons. The van der Waals surface area contributed by atoms with Gasteiger partial charge in [0, 0.05) is 15.2 Å². The summed E-state index contributed by atoms with van der Waals surface area (Å²) in [6.45, 7) is 1.44. The molecular weight excluding hydrogens is 630 g/mol. The molecular formula is C48H56B2S.